The van der Waals surface area contributed by atoms with Crippen LogP contribution in [0.2, 0.25) is 0 Å². The van der Waals surface area contributed by atoms with Crippen LogP contribution in [0.15, 0.2) is 72.8 Å². The van der Waals surface area contributed by atoms with Crippen LogP contribution in [0.3, 0.4) is 0 Å². The molecule has 5 N–H and O–H groups in total. The Morgan fingerprint density at radius 2 is 1.35 bits per heavy atom. The number of benzene rings is 3. The number of carbonyl (C=O) groups excluding carboxylic acids is 7. The Morgan fingerprint density at radius 1 is 0.692 bits per heavy atom. The quantitative estimate of drug-likeness (QED) is 0.120. The second-order valence-electron chi connectivity index (χ2n) is 14.0. The standard InChI is InChI=1S/C41H52N4O7/c1-6-26(4)38(39(50)41(52)44-33(20-25(2)3)36(48)24-32(40(42)51)21-28-12-8-7-9-13-28)45-37(49)19-18-35(47)34(43-27(5)46)23-29-16-17-30-14-10-11-15-31(30)22-29/h7-17,22,25-26,32-34,38H,6,18-21,23-24H2,1-5H3,(H2,42,51)(H,43,46)(H,44,52)(H,45,49). The number of rotatable bonds is 21. The Balaban J connectivity index is 1.66. The molecule has 0 fully saturated rings. The molecule has 5 atom stereocenters. The number of ketones is 3. The van der Waals surface area contributed by atoms with Gasteiger partial charge in [0.15, 0.2) is 11.6 Å². The van der Waals surface area contributed by atoms with Gasteiger partial charge in [-0.1, -0.05) is 107 Å². The lowest BCUT2D eigenvalue weighted by molar-refractivity contribution is -0.142. The molecule has 4 amide bonds. The van der Waals surface area contributed by atoms with Crippen LogP contribution in [-0.2, 0) is 46.4 Å². The van der Waals surface area contributed by atoms with Gasteiger partial charge in [-0.05, 0) is 53.0 Å². The monoisotopic (exact) mass is 712 g/mol. The van der Waals surface area contributed by atoms with Crippen molar-refractivity contribution < 1.29 is 33.6 Å². The van der Waals surface area contributed by atoms with E-state index in [2.05, 4.69) is 16.0 Å². The van der Waals surface area contributed by atoms with Crippen molar-refractivity contribution in [2.75, 3.05) is 0 Å². The molecule has 11 nitrogen and oxygen atoms in total. The van der Waals surface area contributed by atoms with Gasteiger partial charge < -0.3 is 21.7 Å². The van der Waals surface area contributed by atoms with Gasteiger partial charge in [0, 0.05) is 32.1 Å². The van der Waals surface area contributed by atoms with Gasteiger partial charge in [0.25, 0.3) is 5.91 Å². The van der Waals surface area contributed by atoms with Gasteiger partial charge in [0.1, 0.15) is 0 Å². The first kappa shape index (κ1) is 41.2. The van der Waals surface area contributed by atoms with E-state index >= 15 is 0 Å². The summed E-state index contributed by atoms with van der Waals surface area (Å²) in [6.07, 6.45) is 0.492. The maximum atomic E-state index is 13.5. The molecule has 0 bridgehead atoms. The van der Waals surface area contributed by atoms with Gasteiger partial charge in [-0.3, -0.25) is 33.6 Å². The van der Waals surface area contributed by atoms with Crippen molar-refractivity contribution in [2.45, 2.75) is 97.7 Å². The SMILES string of the molecule is CCC(C)C(NC(=O)CCC(=O)C(Cc1ccc2ccccc2c1)NC(C)=O)C(=O)C(=O)NC(CC(C)C)C(=O)CC(Cc1ccccc1)C(N)=O. The van der Waals surface area contributed by atoms with Crippen LogP contribution in [-0.4, -0.2) is 59.1 Å². The molecule has 0 spiro atoms. The number of primary amides is 1. The molecule has 5 unspecified atom stereocenters. The minimum atomic E-state index is -1.21. The molecule has 0 aliphatic rings. The molecule has 278 valence electrons. The third-order valence-electron chi connectivity index (χ3n) is 9.23. The summed E-state index contributed by atoms with van der Waals surface area (Å²) < 4.78 is 0. The molecule has 0 aliphatic heterocycles. The molecule has 0 saturated heterocycles. The van der Waals surface area contributed by atoms with E-state index in [0.717, 1.165) is 21.9 Å². The van der Waals surface area contributed by atoms with Gasteiger partial charge in [0.2, 0.25) is 23.5 Å². The molecule has 11 heteroatoms. The molecular weight excluding hydrogens is 660 g/mol. The lowest BCUT2D eigenvalue weighted by atomic mass is 9.89. The maximum Gasteiger partial charge on any atom is 0.290 e. The van der Waals surface area contributed by atoms with E-state index in [1.165, 1.54) is 6.92 Å². The summed E-state index contributed by atoms with van der Waals surface area (Å²) in [5.41, 5.74) is 7.32. The highest BCUT2D eigenvalue weighted by Gasteiger charge is 2.34. The third-order valence-corrected chi connectivity index (χ3v) is 9.23. The molecule has 0 aromatic heterocycles. The Morgan fingerprint density at radius 3 is 1.96 bits per heavy atom. The molecule has 0 aliphatic carbocycles. The van der Waals surface area contributed by atoms with E-state index in [9.17, 15) is 33.6 Å². The molecule has 3 aromatic carbocycles. The molecular formula is C41H52N4O7. The van der Waals surface area contributed by atoms with Crippen LogP contribution in [0.25, 0.3) is 10.8 Å². The maximum absolute atomic E-state index is 13.5. The molecule has 0 radical (unpaired) electrons. The van der Waals surface area contributed by atoms with Crippen LogP contribution < -0.4 is 21.7 Å². The van der Waals surface area contributed by atoms with Crippen molar-refractivity contribution in [3.05, 3.63) is 83.9 Å². The number of amides is 4. The van der Waals surface area contributed by atoms with Crippen LogP contribution in [0.1, 0.15) is 77.8 Å². The van der Waals surface area contributed by atoms with Gasteiger partial charge in [-0.25, -0.2) is 0 Å². The summed E-state index contributed by atoms with van der Waals surface area (Å²) in [6, 6.07) is 19.6. The van der Waals surface area contributed by atoms with Gasteiger partial charge >= 0.3 is 0 Å². The number of nitrogens with one attached hydrogen (secondary N) is 3. The third kappa shape index (κ3) is 12.9. The number of nitrogens with two attached hydrogens (primary N) is 1. The summed E-state index contributed by atoms with van der Waals surface area (Å²) in [5.74, 6) is -5.62. The molecule has 0 saturated carbocycles. The Bertz CT molecular complexity index is 1740. The second-order valence-corrected chi connectivity index (χ2v) is 14.0. The van der Waals surface area contributed by atoms with Crippen LogP contribution in [0.4, 0.5) is 0 Å². The Hall–Kier alpha value is -5.19. The van der Waals surface area contributed by atoms with Crippen LogP contribution >= 0.6 is 0 Å². The summed E-state index contributed by atoms with van der Waals surface area (Å²) >= 11 is 0. The van der Waals surface area contributed by atoms with Crippen molar-refractivity contribution in [3.63, 3.8) is 0 Å². The average Bonchev–Trinajstić information content (AvgIpc) is 3.11. The molecule has 3 aromatic rings. The summed E-state index contributed by atoms with van der Waals surface area (Å²) in [5, 5.41) is 9.94. The zero-order chi connectivity index (χ0) is 38.4. The predicted octanol–water partition coefficient (Wildman–Crippen LogP) is 4.17. The highest BCUT2D eigenvalue weighted by atomic mass is 16.2. The van der Waals surface area contributed by atoms with Crippen molar-refractivity contribution >= 4 is 51.8 Å². The fourth-order valence-electron chi connectivity index (χ4n) is 6.12. The van der Waals surface area contributed by atoms with Crippen LogP contribution in [0.5, 0.6) is 0 Å². The molecule has 3 rings (SSSR count). The normalized spacial score (nSPS) is 14.0. The van der Waals surface area contributed by atoms with Crippen molar-refractivity contribution in [3.8, 4) is 0 Å². The molecule has 0 heterocycles. The van der Waals surface area contributed by atoms with Crippen molar-refractivity contribution in [1.29, 1.82) is 0 Å². The number of Topliss-reactive ketones (excluding diaryl/α,β-unsaturated/α-hetero) is 3. The topological polar surface area (TPSA) is 182 Å². The minimum Gasteiger partial charge on any atom is -0.369 e. The average molecular weight is 713 g/mol. The van der Waals surface area contributed by atoms with E-state index < -0.39 is 59.2 Å². The zero-order valence-electron chi connectivity index (χ0n) is 30.8. The number of hydrogen-bond acceptors (Lipinski definition) is 7. The van der Waals surface area contributed by atoms with E-state index in [0.29, 0.717) is 6.42 Å². The highest BCUT2D eigenvalue weighted by Crippen LogP contribution is 2.19. The predicted molar refractivity (Wildman–Crippen MR) is 200 cm³/mol. The lowest BCUT2D eigenvalue weighted by Gasteiger charge is -2.25. The molecule has 52 heavy (non-hydrogen) atoms. The Labute approximate surface area is 305 Å². The number of carbonyl (C=O) groups is 7. The fourth-order valence-corrected chi connectivity index (χ4v) is 6.12. The lowest BCUT2D eigenvalue weighted by Crippen LogP contribution is -2.54. The van der Waals surface area contributed by atoms with Gasteiger partial charge in [0.05, 0.1) is 18.1 Å². The van der Waals surface area contributed by atoms with Crippen molar-refractivity contribution in [2.24, 2.45) is 23.5 Å². The first-order valence-corrected chi connectivity index (χ1v) is 18.0. The largest absolute Gasteiger partial charge is 0.369 e. The van der Waals surface area contributed by atoms with E-state index in [1.807, 2.05) is 93.6 Å². The minimum absolute atomic E-state index is 0.0318. The zero-order valence-corrected chi connectivity index (χ0v) is 30.8. The van der Waals surface area contributed by atoms with Crippen LogP contribution in [0, 0.1) is 17.8 Å². The number of fused-ring (bicyclic) bond motifs is 1. The first-order valence-electron chi connectivity index (χ1n) is 18.0. The van der Waals surface area contributed by atoms with Crippen molar-refractivity contribution in [1.82, 2.24) is 16.0 Å². The number of hydrogen-bond donors (Lipinski definition) is 4. The summed E-state index contributed by atoms with van der Waals surface area (Å²) in [6.45, 7) is 8.58. The summed E-state index contributed by atoms with van der Waals surface area (Å²) in [4.78, 5) is 91.0. The van der Waals surface area contributed by atoms with Gasteiger partial charge in [-0.2, -0.15) is 0 Å². The highest BCUT2D eigenvalue weighted by molar-refractivity contribution is 6.39. The summed E-state index contributed by atoms with van der Waals surface area (Å²) in [7, 11) is 0. The van der Waals surface area contributed by atoms with E-state index in [4.69, 9.17) is 5.73 Å². The Kier molecular flexibility index (Phi) is 15.9. The van der Waals surface area contributed by atoms with E-state index in [1.54, 1.807) is 6.92 Å². The second kappa shape index (κ2) is 20.0. The van der Waals surface area contributed by atoms with Gasteiger partial charge in [-0.15, -0.1) is 0 Å². The fraction of sp³-hybridized carbons (Fsp3) is 0.439. The smallest absolute Gasteiger partial charge is 0.290 e. The first-order chi connectivity index (χ1) is 24.7. The van der Waals surface area contributed by atoms with E-state index in [-0.39, 0.29) is 56.1 Å².